The van der Waals surface area contributed by atoms with Gasteiger partial charge in [-0.15, -0.1) is 0 Å². The lowest BCUT2D eigenvalue weighted by Crippen LogP contribution is -2.52. The fourth-order valence-electron chi connectivity index (χ4n) is 2.85. The van der Waals surface area contributed by atoms with E-state index in [1.54, 1.807) is 21.0 Å². The minimum atomic E-state index is -0.693. The Morgan fingerprint density at radius 1 is 1.48 bits per heavy atom. The number of nitrogens with one attached hydrogen (secondary N) is 2. The molecular weight excluding hydrogens is 343 g/mol. The maximum absolute atomic E-state index is 12.4. The Labute approximate surface area is 145 Å². The number of aromatic amines is 1. The highest BCUT2D eigenvalue weighted by Crippen LogP contribution is 2.31. The number of aromatic nitrogens is 1. The monoisotopic (exact) mass is 364 g/mol. The van der Waals surface area contributed by atoms with Crippen LogP contribution in [0.25, 0.3) is 0 Å². The third-order valence-electron chi connectivity index (χ3n) is 4.30. The summed E-state index contributed by atoms with van der Waals surface area (Å²) in [5.74, 6) is -0.559. The molecule has 0 spiro atoms. The summed E-state index contributed by atoms with van der Waals surface area (Å²) in [6.45, 7) is 5.35. The number of halogens is 2. The van der Waals surface area contributed by atoms with Gasteiger partial charge in [-0.2, -0.15) is 0 Å². The van der Waals surface area contributed by atoms with Gasteiger partial charge >= 0.3 is 0 Å². The lowest BCUT2D eigenvalue weighted by atomic mass is 9.86. The molecular formula is C15H22Cl2N2O4. The molecule has 8 heteroatoms. The maximum Gasteiger partial charge on any atom is 0.269 e. The van der Waals surface area contributed by atoms with Crippen LogP contribution in [0.2, 0.25) is 10.0 Å². The largest absolute Gasteiger partial charge is 0.390 e. The third kappa shape index (κ3) is 3.83. The summed E-state index contributed by atoms with van der Waals surface area (Å²) in [7, 11) is 1.55. The van der Waals surface area contributed by atoms with Crippen LogP contribution in [0.15, 0.2) is 0 Å². The maximum atomic E-state index is 12.4. The predicted octanol–water partition coefficient (Wildman–Crippen LogP) is 2.51. The first-order chi connectivity index (χ1) is 10.8. The highest BCUT2D eigenvalue weighted by Gasteiger charge is 2.39. The molecule has 6 nitrogen and oxygen atoms in total. The van der Waals surface area contributed by atoms with E-state index in [1.807, 2.05) is 6.92 Å². The number of methoxy groups -OCH3 is 1. The molecule has 1 aliphatic rings. The number of aliphatic hydroxyl groups excluding tert-OH is 1. The second-order valence-electron chi connectivity index (χ2n) is 5.91. The van der Waals surface area contributed by atoms with Crippen molar-refractivity contribution < 1.29 is 19.4 Å². The number of H-pyrrole nitrogens is 1. The van der Waals surface area contributed by atoms with E-state index in [0.29, 0.717) is 17.1 Å². The number of aryl methyl sites for hydroxylation is 1. The van der Waals surface area contributed by atoms with Crippen LogP contribution in [0.5, 0.6) is 0 Å². The summed E-state index contributed by atoms with van der Waals surface area (Å²) in [4.78, 5) is 15.3. The van der Waals surface area contributed by atoms with Crippen LogP contribution in [0.1, 0.15) is 36.5 Å². The Balaban J connectivity index is 2.09. The molecule has 0 aromatic carbocycles. The molecule has 0 saturated carbocycles. The van der Waals surface area contributed by atoms with Gasteiger partial charge in [-0.3, -0.25) is 4.79 Å². The van der Waals surface area contributed by atoms with Gasteiger partial charge in [-0.25, -0.2) is 0 Å². The fraction of sp³-hybridized carbons (Fsp3) is 0.667. The lowest BCUT2D eigenvalue weighted by Gasteiger charge is -2.40. The van der Waals surface area contributed by atoms with Crippen molar-refractivity contribution >= 4 is 29.1 Å². The molecule has 3 N–H and O–H groups in total. The summed E-state index contributed by atoms with van der Waals surface area (Å²) >= 11 is 12.1. The van der Waals surface area contributed by atoms with Crippen molar-refractivity contribution in [1.29, 1.82) is 0 Å². The smallest absolute Gasteiger partial charge is 0.269 e. The van der Waals surface area contributed by atoms with Crippen molar-refractivity contribution in [2.24, 2.45) is 5.92 Å². The Bertz CT molecular complexity index is 578. The zero-order chi connectivity index (χ0) is 17.3. The quantitative estimate of drug-likeness (QED) is 0.766. The number of amides is 1. The molecule has 2 heterocycles. The van der Waals surface area contributed by atoms with Crippen LogP contribution < -0.4 is 5.32 Å². The molecule has 130 valence electrons. The van der Waals surface area contributed by atoms with Crippen LogP contribution in [0.3, 0.4) is 0 Å². The first-order valence-corrected chi connectivity index (χ1v) is 8.22. The number of hydrogen-bond acceptors (Lipinski definition) is 4. The molecule has 1 aliphatic heterocycles. The molecule has 1 fully saturated rings. The van der Waals surface area contributed by atoms with Crippen LogP contribution >= 0.6 is 23.2 Å². The average molecular weight is 365 g/mol. The molecule has 1 saturated heterocycles. The number of carbonyl (C=O) groups is 1. The van der Waals surface area contributed by atoms with Crippen molar-refractivity contribution in [1.82, 2.24) is 10.3 Å². The first-order valence-electron chi connectivity index (χ1n) is 7.47. The van der Waals surface area contributed by atoms with E-state index in [1.165, 1.54) is 0 Å². The van der Waals surface area contributed by atoms with Gasteiger partial charge in [0.05, 0.1) is 22.3 Å². The highest BCUT2D eigenvalue weighted by molar-refractivity contribution is 6.44. The van der Waals surface area contributed by atoms with E-state index in [9.17, 15) is 9.90 Å². The topological polar surface area (TPSA) is 83.6 Å². The third-order valence-corrected chi connectivity index (χ3v) is 5.24. The molecule has 1 amide bonds. The normalized spacial score (nSPS) is 29.3. The molecule has 2 rings (SSSR count). The second-order valence-corrected chi connectivity index (χ2v) is 6.67. The predicted molar refractivity (Wildman–Crippen MR) is 87.9 cm³/mol. The Morgan fingerprint density at radius 3 is 2.65 bits per heavy atom. The summed E-state index contributed by atoms with van der Waals surface area (Å²) < 4.78 is 10.8. The summed E-state index contributed by atoms with van der Waals surface area (Å²) in [5.41, 5.74) is 0.854. The van der Waals surface area contributed by atoms with E-state index >= 15 is 0 Å². The van der Waals surface area contributed by atoms with Crippen molar-refractivity contribution in [3.05, 3.63) is 21.4 Å². The Hall–Kier alpha value is -0.790. The van der Waals surface area contributed by atoms with E-state index in [2.05, 4.69) is 10.3 Å². The minimum absolute atomic E-state index is 0.196. The molecule has 5 atom stereocenters. The van der Waals surface area contributed by atoms with Crippen LogP contribution in [-0.2, 0) is 9.47 Å². The Kier molecular flexibility index (Phi) is 5.97. The second kappa shape index (κ2) is 7.40. The highest BCUT2D eigenvalue weighted by atomic mass is 35.5. The number of ether oxygens (including phenoxy) is 2. The van der Waals surface area contributed by atoms with Crippen molar-refractivity contribution in [3.63, 3.8) is 0 Å². The first kappa shape index (κ1) is 18.5. The molecule has 0 aliphatic carbocycles. The SMILES string of the molecule is CO[C@H]1CC([C@H](C)NC(=O)c2[nH]c(C)c(Cl)c2Cl)[C@H](O)[C@@H](C)O1. The molecule has 0 bridgehead atoms. The van der Waals surface area contributed by atoms with Crippen LogP contribution in [-0.4, -0.2) is 47.6 Å². The Morgan fingerprint density at radius 2 is 2.13 bits per heavy atom. The molecule has 23 heavy (non-hydrogen) atoms. The van der Waals surface area contributed by atoms with Crippen molar-refractivity contribution in [2.45, 2.75) is 51.7 Å². The van der Waals surface area contributed by atoms with E-state index in [4.69, 9.17) is 32.7 Å². The van der Waals surface area contributed by atoms with Gasteiger partial charge in [-0.05, 0) is 20.8 Å². The number of aliphatic hydroxyl groups is 1. The van der Waals surface area contributed by atoms with Crippen LogP contribution in [0, 0.1) is 12.8 Å². The van der Waals surface area contributed by atoms with Gasteiger partial charge in [0.1, 0.15) is 5.69 Å². The average Bonchev–Trinajstić information content (AvgIpc) is 2.77. The van der Waals surface area contributed by atoms with Gasteiger partial charge in [-0.1, -0.05) is 23.2 Å². The van der Waals surface area contributed by atoms with Gasteiger partial charge in [0, 0.05) is 31.2 Å². The zero-order valence-corrected chi connectivity index (χ0v) is 15.0. The van der Waals surface area contributed by atoms with E-state index in [0.717, 1.165) is 0 Å². The zero-order valence-electron chi connectivity index (χ0n) is 13.5. The molecule has 0 radical (unpaired) electrons. The minimum Gasteiger partial charge on any atom is -0.390 e. The number of carbonyl (C=O) groups excluding carboxylic acids is 1. The van der Waals surface area contributed by atoms with E-state index in [-0.39, 0.29) is 34.7 Å². The summed E-state index contributed by atoms with van der Waals surface area (Å²) in [6.07, 6.45) is -0.977. The van der Waals surface area contributed by atoms with Gasteiger partial charge in [0.15, 0.2) is 6.29 Å². The molecule has 1 unspecified atom stereocenters. The number of rotatable bonds is 4. The van der Waals surface area contributed by atoms with Gasteiger partial charge in [0.2, 0.25) is 0 Å². The van der Waals surface area contributed by atoms with Crippen LogP contribution in [0.4, 0.5) is 0 Å². The summed E-state index contributed by atoms with van der Waals surface area (Å²) in [5, 5.41) is 13.7. The molecule has 1 aromatic heterocycles. The lowest BCUT2D eigenvalue weighted by molar-refractivity contribution is -0.227. The fourth-order valence-corrected chi connectivity index (χ4v) is 3.27. The standard InChI is InChI=1S/C15H22Cl2N2O4/c1-6(9-5-10(22-4)23-8(3)14(9)20)19-15(21)13-12(17)11(16)7(2)18-13/h6,8-10,14,18,20H,5H2,1-4H3,(H,19,21)/t6-,8+,9?,10+,14+/m0/s1. The van der Waals surface area contributed by atoms with Gasteiger partial charge in [0.25, 0.3) is 5.91 Å². The van der Waals surface area contributed by atoms with E-state index < -0.39 is 12.4 Å². The summed E-state index contributed by atoms with van der Waals surface area (Å²) in [6, 6.07) is -0.292. The van der Waals surface area contributed by atoms with Crippen molar-refractivity contribution in [2.75, 3.05) is 7.11 Å². The van der Waals surface area contributed by atoms with Gasteiger partial charge < -0.3 is 24.9 Å². The number of hydrogen-bond donors (Lipinski definition) is 3. The van der Waals surface area contributed by atoms with Crippen molar-refractivity contribution in [3.8, 4) is 0 Å². The molecule has 1 aromatic rings.